The van der Waals surface area contributed by atoms with Gasteiger partial charge in [0.15, 0.2) is 0 Å². The van der Waals surface area contributed by atoms with Crippen molar-refractivity contribution in [3.8, 4) is 5.75 Å². The van der Waals surface area contributed by atoms with Crippen molar-refractivity contribution >= 4 is 28.4 Å². The molecule has 0 spiro atoms. The summed E-state index contributed by atoms with van der Waals surface area (Å²) in [4.78, 5) is 14.2. The smallest absolute Gasteiger partial charge is 0.229 e. The second-order valence-corrected chi connectivity index (χ2v) is 9.84. The molecule has 1 saturated carbocycles. The number of aromatic nitrogens is 3. The van der Waals surface area contributed by atoms with Crippen LogP contribution in [0.2, 0.25) is 0 Å². The molecule has 1 aromatic carbocycles. The van der Waals surface area contributed by atoms with Crippen molar-refractivity contribution in [2.24, 2.45) is 0 Å². The molecular weight excluding hydrogens is 428 g/mol. The molecule has 2 aliphatic heterocycles. The standard InChI is InChI=1S/C26H34N6O2/c1-30-11-13-31(14-12-30)23-8-7-20(16-24(23)34-21-4-2-5-21)28-26-27-17-19-9-10-32(25(19)29-26)18-22-6-3-15-33-22/h7-10,16-17,21-22H,2-6,11-15,18H2,1H3,(H,27,28,29). The highest BCUT2D eigenvalue weighted by atomic mass is 16.5. The Morgan fingerprint density at radius 2 is 1.97 bits per heavy atom. The van der Waals surface area contributed by atoms with Gasteiger partial charge in [-0.25, -0.2) is 4.98 Å². The van der Waals surface area contributed by atoms with Crippen LogP contribution in [0.25, 0.3) is 11.0 Å². The Bertz CT molecular complexity index is 1130. The van der Waals surface area contributed by atoms with Crippen LogP contribution in [-0.2, 0) is 11.3 Å². The van der Waals surface area contributed by atoms with Gasteiger partial charge in [0.25, 0.3) is 0 Å². The van der Waals surface area contributed by atoms with E-state index in [1.807, 2.05) is 6.20 Å². The lowest BCUT2D eigenvalue weighted by Crippen LogP contribution is -2.44. The number of piperazine rings is 1. The van der Waals surface area contributed by atoms with E-state index < -0.39 is 0 Å². The van der Waals surface area contributed by atoms with Crippen LogP contribution in [0.4, 0.5) is 17.3 Å². The molecule has 1 atom stereocenters. The summed E-state index contributed by atoms with van der Waals surface area (Å²) in [6, 6.07) is 8.48. The van der Waals surface area contributed by atoms with E-state index in [4.69, 9.17) is 14.5 Å². The first-order valence-corrected chi connectivity index (χ1v) is 12.7. The fraction of sp³-hybridized carbons (Fsp3) is 0.538. The van der Waals surface area contributed by atoms with Crippen molar-refractivity contribution in [2.75, 3.05) is 50.1 Å². The molecule has 0 bridgehead atoms. The largest absolute Gasteiger partial charge is 0.488 e. The number of hydrogen-bond donors (Lipinski definition) is 1. The number of nitrogens with one attached hydrogen (secondary N) is 1. The minimum absolute atomic E-state index is 0.273. The van der Waals surface area contributed by atoms with Crippen LogP contribution in [0.1, 0.15) is 32.1 Å². The summed E-state index contributed by atoms with van der Waals surface area (Å²) in [6.45, 7) is 5.88. The molecule has 4 heterocycles. The first-order chi connectivity index (χ1) is 16.7. The maximum absolute atomic E-state index is 6.44. The van der Waals surface area contributed by atoms with Crippen LogP contribution < -0.4 is 15.0 Å². The lowest BCUT2D eigenvalue weighted by atomic mass is 9.96. The Morgan fingerprint density at radius 1 is 1.09 bits per heavy atom. The average Bonchev–Trinajstić information content (AvgIpc) is 3.48. The van der Waals surface area contributed by atoms with E-state index >= 15 is 0 Å². The molecular formula is C26H34N6O2. The predicted octanol–water partition coefficient (Wildman–Crippen LogP) is 4.04. The molecule has 0 amide bonds. The molecule has 6 rings (SSSR count). The fourth-order valence-corrected chi connectivity index (χ4v) is 4.98. The van der Waals surface area contributed by atoms with Crippen LogP contribution in [0.5, 0.6) is 5.75 Å². The molecule has 2 saturated heterocycles. The van der Waals surface area contributed by atoms with Crippen molar-refractivity contribution < 1.29 is 9.47 Å². The zero-order valence-corrected chi connectivity index (χ0v) is 19.9. The number of benzene rings is 1. The molecule has 180 valence electrons. The van der Waals surface area contributed by atoms with Crippen LogP contribution in [0.15, 0.2) is 36.7 Å². The van der Waals surface area contributed by atoms with E-state index in [9.17, 15) is 0 Å². The van der Waals surface area contributed by atoms with Crippen molar-refractivity contribution in [1.82, 2.24) is 19.4 Å². The molecule has 3 aliphatic rings. The van der Waals surface area contributed by atoms with Gasteiger partial charge in [-0.15, -0.1) is 0 Å². The second kappa shape index (κ2) is 9.43. The van der Waals surface area contributed by atoms with Gasteiger partial charge in [-0.3, -0.25) is 0 Å². The van der Waals surface area contributed by atoms with E-state index in [0.29, 0.717) is 12.1 Å². The third-order valence-electron chi connectivity index (χ3n) is 7.33. The Balaban J connectivity index is 1.24. The van der Waals surface area contributed by atoms with Crippen molar-refractivity contribution in [1.29, 1.82) is 0 Å². The highest BCUT2D eigenvalue weighted by Gasteiger charge is 2.24. The fourth-order valence-electron chi connectivity index (χ4n) is 4.98. The van der Waals surface area contributed by atoms with E-state index in [2.05, 4.69) is 62.2 Å². The van der Waals surface area contributed by atoms with E-state index in [1.165, 1.54) is 12.1 Å². The minimum atomic E-state index is 0.273. The molecule has 0 radical (unpaired) electrons. The summed E-state index contributed by atoms with van der Waals surface area (Å²) in [6.07, 6.45) is 10.4. The Kier molecular flexibility index (Phi) is 6.01. The van der Waals surface area contributed by atoms with Gasteiger partial charge < -0.3 is 29.2 Å². The predicted molar refractivity (Wildman–Crippen MR) is 134 cm³/mol. The third-order valence-corrected chi connectivity index (χ3v) is 7.33. The normalized spacial score (nSPS) is 21.7. The number of hydrogen-bond acceptors (Lipinski definition) is 7. The third kappa shape index (κ3) is 4.57. The SMILES string of the molecule is CN1CCN(c2ccc(Nc3ncc4ccn(CC5CCCO5)c4n3)cc2OC2CCC2)CC1. The molecule has 1 unspecified atom stereocenters. The summed E-state index contributed by atoms with van der Waals surface area (Å²) < 4.78 is 14.4. The highest BCUT2D eigenvalue weighted by molar-refractivity contribution is 5.77. The minimum Gasteiger partial charge on any atom is -0.488 e. The maximum atomic E-state index is 6.44. The van der Waals surface area contributed by atoms with E-state index in [0.717, 1.165) is 87.5 Å². The summed E-state index contributed by atoms with van der Waals surface area (Å²) in [5.41, 5.74) is 3.07. The van der Waals surface area contributed by atoms with Gasteiger partial charge in [-0.1, -0.05) is 0 Å². The van der Waals surface area contributed by atoms with Gasteiger partial charge in [0, 0.05) is 62.3 Å². The summed E-state index contributed by atoms with van der Waals surface area (Å²) >= 11 is 0. The topological polar surface area (TPSA) is 67.7 Å². The monoisotopic (exact) mass is 462 g/mol. The lowest BCUT2D eigenvalue weighted by molar-refractivity contribution is 0.0979. The number of nitrogens with zero attached hydrogens (tertiary/aromatic N) is 5. The van der Waals surface area contributed by atoms with Crippen molar-refractivity contribution in [2.45, 2.75) is 50.9 Å². The summed E-state index contributed by atoms with van der Waals surface area (Å²) in [5.74, 6) is 1.56. The molecule has 1 aliphatic carbocycles. The van der Waals surface area contributed by atoms with E-state index in [1.54, 1.807) is 0 Å². The number of anilines is 3. The number of fused-ring (bicyclic) bond motifs is 1. The van der Waals surface area contributed by atoms with Crippen LogP contribution in [0, 0.1) is 0 Å². The Morgan fingerprint density at radius 3 is 2.74 bits per heavy atom. The first kappa shape index (κ1) is 21.7. The van der Waals surface area contributed by atoms with Crippen LogP contribution >= 0.6 is 0 Å². The van der Waals surface area contributed by atoms with Gasteiger partial charge >= 0.3 is 0 Å². The van der Waals surface area contributed by atoms with Crippen molar-refractivity contribution in [3.63, 3.8) is 0 Å². The van der Waals surface area contributed by atoms with Gasteiger partial charge in [-0.05, 0) is 57.4 Å². The zero-order chi connectivity index (χ0) is 22.9. The van der Waals surface area contributed by atoms with Gasteiger partial charge in [0.1, 0.15) is 11.4 Å². The number of likely N-dealkylation sites (N-methyl/N-ethyl adjacent to an activating group) is 1. The van der Waals surface area contributed by atoms with E-state index in [-0.39, 0.29) is 6.10 Å². The van der Waals surface area contributed by atoms with Crippen LogP contribution in [0.3, 0.4) is 0 Å². The molecule has 3 fully saturated rings. The number of rotatable bonds is 7. The highest BCUT2D eigenvalue weighted by Crippen LogP contribution is 2.36. The molecule has 1 N–H and O–H groups in total. The number of ether oxygens (including phenoxy) is 2. The summed E-state index contributed by atoms with van der Waals surface area (Å²) in [7, 11) is 2.18. The molecule has 3 aromatic rings. The summed E-state index contributed by atoms with van der Waals surface area (Å²) in [5, 5.41) is 4.46. The molecule has 8 heteroatoms. The molecule has 8 nitrogen and oxygen atoms in total. The molecule has 34 heavy (non-hydrogen) atoms. The zero-order valence-electron chi connectivity index (χ0n) is 19.9. The maximum Gasteiger partial charge on any atom is 0.229 e. The lowest BCUT2D eigenvalue weighted by Gasteiger charge is -2.36. The Labute approximate surface area is 200 Å². The first-order valence-electron chi connectivity index (χ1n) is 12.7. The van der Waals surface area contributed by atoms with Crippen LogP contribution in [-0.4, -0.2) is 71.5 Å². The van der Waals surface area contributed by atoms with Gasteiger partial charge in [0.05, 0.1) is 24.4 Å². The van der Waals surface area contributed by atoms with Gasteiger partial charge in [-0.2, -0.15) is 4.98 Å². The van der Waals surface area contributed by atoms with Crippen molar-refractivity contribution in [3.05, 3.63) is 36.7 Å². The molecule has 2 aromatic heterocycles. The average molecular weight is 463 g/mol. The quantitative estimate of drug-likeness (QED) is 0.568. The van der Waals surface area contributed by atoms with Gasteiger partial charge in [0.2, 0.25) is 5.95 Å². The Hall–Kier alpha value is -2.84. The second-order valence-electron chi connectivity index (χ2n) is 9.84.